The second-order valence-corrected chi connectivity index (χ2v) is 17.6. The molecule has 0 spiro atoms. The van der Waals surface area contributed by atoms with Crippen LogP contribution in [0.1, 0.15) is 76.4 Å². The average Bonchev–Trinajstić information content (AvgIpc) is 3.85. The zero-order valence-electron chi connectivity index (χ0n) is 34.9. The van der Waals surface area contributed by atoms with Crippen molar-refractivity contribution in [2.45, 2.75) is 64.7 Å². The molecular formula is C54H50N4O. The van der Waals surface area contributed by atoms with Gasteiger partial charge in [-0.25, -0.2) is 4.98 Å². The van der Waals surface area contributed by atoms with Crippen molar-refractivity contribution in [1.29, 1.82) is 0 Å². The molecule has 5 nitrogen and oxygen atoms in total. The molecule has 3 aromatic heterocycles. The lowest BCUT2D eigenvalue weighted by molar-refractivity contribution is -0.611. The molecule has 0 fully saturated rings. The van der Waals surface area contributed by atoms with E-state index in [1.165, 1.54) is 27.6 Å². The van der Waals surface area contributed by atoms with Gasteiger partial charge in [-0.05, 0) is 88.3 Å². The third-order valence-corrected chi connectivity index (χ3v) is 12.0. The predicted octanol–water partition coefficient (Wildman–Crippen LogP) is 12.8. The summed E-state index contributed by atoms with van der Waals surface area (Å²) in [6, 6.07) is 57.8. The zero-order chi connectivity index (χ0) is 40.9. The van der Waals surface area contributed by atoms with Gasteiger partial charge in [0.05, 0.1) is 28.1 Å². The van der Waals surface area contributed by atoms with Crippen molar-refractivity contribution in [2.24, 2.45) is 0 Å². The van der Waals surface area contributed by atoms with Crippen molar-refractivity contribution in [3.05, 3.63) is 210 Å². The van der Waals surface area contributed by atoms with E-state index >= 15 is 0 Å². The van der Waals surface area contributed by atoms with Crippen LogP contribution in [0.4, 0.5) is 0 Å². The summed E-state index contributed by atoms with van der Waals surface area (Å²) in [4.78, 5) is 4.87. The fraction of sp³-hybridized carbons (Fsp3) is 0.185. The number of para-hydroxylation sites is 1. The Morgan fingerprint density at radius 2 is 1.17 bits per heavy atom. The Balaban J connectivity index is 1.11. The summed E-state index contributed by atoms with van der Waals surface area (Å²) in [6.07, 6.45) is 7.88. The van der Waals surface area contributed by atoms with Gasteiger partial charge in [0.1, 0.15) is 17.3 Å². The van der Waals surface area contributed by atoms with E-state index < -0.39 is 0 Å². The van der Waals surface area contributed by atoms with Gasteiger partial charge in [-0.15, -0.1) is 0 Å². The minimum Gasteiger partial charge on any atom is -0.458 e. The number of fused-ring (bicyclic) bond motifs is 3. The number of nitrogens with zero attached hydrogens (tertiary/aromatic N) is 4. The van der Waals surface area contributed by atoms with Crippen molar-refractivity contribution < 1.29 is 9.30 Å². The van der Waals surface area contributed by atoms with Crippen molar-refractivity contribution in [3.8, 4) is 28.7 Å². The quantitative estimate of drug-likeness (QED) is 0.108. The zero-order valence-corrected chi connectivity index (χ0v) is 34.9. The molecular weight excluding hydrogens is 721 g/mol. The Bertz CT molecular complexity index is 2950. The van der Waals surface area contributed by atoms with Crippen molar-refractivity contribution in [2.75, 3.05) is 0 Å². The molecule has 0 aliphatic carbocycles. The van der Waals surface area contributed by atoms with E-state index in [0.29, 0.717) is 0 Å². The molecule has 9 rings (SSSR count). The van der Waals surface area contributed by atoms with Gasteiger partial charge in [0.15, 0.2) is 0 Å². The van der Waals surface area contributed by atoms with Crippen LogP contribution in [0.25, 0.3) is 39.0 Å². The number of hydrogen-bond donors (Lipinski definition) is 0. The fourth-order valence-corrected chi connectivity index (χ4v) is 8.30. The van der Waals surface area contributed by atoms with Crippen LogP contribution in [0.3, 0.4) is 0 Å². The standard InChI is InChI=1S/C54H50N4O/c1-52(2,3)40-30-31-55-51(33-40)58-48-27-15-14-26-46(48)47-29-28-45(35-49(47)58)59-44-25-17-23-42(34-44)56-36-50(54(6,7)39-20-12-9-13-21-39)57(37-56)43-24-16-22-41(32-43)53(4,5)38-18-10-8-11-19-38/h8-36H,1-7H3. The van der Waals surface area contributed by atoms with E-state index in [1.54, 1.807) is 0 Å². The third kappa shape index (κ3) is 7.01. The Hall–Kier alpha value is -6.72. The first-order chi connectivity index (χ1) is 28.4. The highest BCUT2D eigenvalue weighted by atomic mass is 16.5. The number of imidazole rings is 1. The third-order valence-electron chi connectivity index (χ3n) is 12.0. The van der Waals surface area contributed by atoms with Crippen molar-refractivity contribution in [1.82, 2.24) is 14.1 Å². The Morgan fingerprint density at radius 3 is 1.92 bits per heavy atom. The van der Waals surface area contributed by atoms with Crippen LogP contribution in [0.5, 0.6) is 11.5 Å². The summed E-state index contributed by atoms with van der Waals surface area (Å²) in [5.74, 6) is 2.38. The minimum atomic E-state index is -0.336. The van der Waals surface area contributed by atoms with Gasteiger partial charge < -0.3 is 4.74 Å². The highest BCUT2D eigenvalue weighted by molar-refractivity contribution is 6.09. The van der Waals surface area contributed by atoms with E-state index in [1.807, 2.05) is 18.3 Å². The Labute approximate surface area is 347 Å². The van der Waals surface area contributed by atoms with E-state index in [9.17, 15) is 0 Å². The molecule has 0 radical (unpaired) electrons. The molecule has 6 aromatic carbocycles. The van der Waals surface area contributed by atoms with Crippen LogP contribution in [0.15, 0.2) is 176 Å². The van der Waals surface area contributed by atoms with Crippen molar-refractivity contribution in [3.63, 3.8) is 0 Å². The van der Waals surface area contributed by atoms with Crippen LogP contribution in [0.2, 0.25) is 0 Å². The van der Waals surface area contributed by atoms with Crippen LogP contribution in [-0.4, -0.2) is 14.1 Å². The molecule has 0 atom stereocenters. The van der Waals surface area contributed by atoms with Crippen molar-refractivity contribution >= 4 is 21.8 Å². The summed E-state index contributed by atoms with van der Waals surface area (Å²) in [5.41, 5.74) is 9.73. The highest BCUT2D eigenvalue weighted by Gasteiger charge is 2.30. The smallest absolute Gasteiger partial charge is 0.269 e. The molecule has 0 aliphatic heterocycles. The number of benzene rings is 6. The van der Waals surface area contributed by atoms with E-state index in [0.717, 1.165) is 50.8 Å². The summed E-state index contributed by atoms with van der Waals surface area (Å²) >= 11 is 0. The molecule has 3 heterocycles. The van der Waals surface area contributed by atoms with Gasteiger partial charge in [-0.2, -0.15) is 0 Å². The first-order valence-electron chi connectivity index (χ1n) is 20.5. The minimum absolute atomic E-state index is 0.00641. The number of aromatic nitrogens is 4. The largest absolute Gasteiger partial charge is 0.458 e. The van der Waals surface area contributed by atoms with Crippen LogP contribution in [-0.2, 0) is 16.2 Å². The van der Waals surface area contributed by atoms with E-state index in [2.05, 4.69) is 226 Å². The molecule has 0 N–H and O–H groups in total. The van der Waals surface area contributed by atoms with Gasteiger partial charge in [0.2, 0.25) is 0 Å². The molecule has 292 valence electrons. The molecule has 9 aromatic rings. The molecule has 59 heavy (non-hydrogen) atoms. The summed E-state index contributed by atoms with van der Waals surface area (Å²) in [6.45, 7) is 15.9. The maximum absolute atomic E-state index is 6.70. The molecule has 0 saturated carbocycles. The molecule has 0 saturated heterocycles. The van der Waals surface area contributed by atoms with Crippen LogP contribution in [0, 0.1) is 6.33 Å². The molecule has 0 unspecified atom stereocenters. The van der Waals surface area contributed by atoms with Gasteiger partial charge in [-0.1, -0.05) is 146 Å². The second-order valence-electron chi connectivity index (χ2n) is 17.6. The second kappa shape index (κ2) is 14.6. The summed E-state index contributed by atoms with van der Waals surface area (Å²) < 4.78 is 13.3. The van der Waals surface area contributed by atoms with Gasteiger partial charge in [-0.3, -0.25) is 13.7 Å². The lowest BCUT2D eigenvalue weighted by atomic mass is 9.78. The average molecular weight is 771 g/mol. The van der Waals surface area contributed by atoms with E-state index in [4.69, 9.17) is 9.72 Å². The Kier molecular flexibility index (Phi) is 9.35. The topological polar surface area (TPSA) is 35.9 Å². The highest BCUT2D eigenvalue weighted by Crippen LogP contribution is 2.37. The monoisotopic (exact) mass is 770 g/mol. The van der Waals surface area contributed by atoms with Gasteiger partial charge in [0, 0.05) is 40.1 Å². The Morgan fingerprint density at radius 1 is 0.525 bits per heavy atom. The maximum atomic E-state index is 6.70. The fourth-order valence-electron chi connectivity index (χ4n) is 8.30. The number of rotatable bonds is 9. The number of pyridine rings is 1. The van der Waals surface area contributed by atoms with Crippen LogP contribution < -0.4 is 9.30 Å². The lowest BCUT2D eigenvalue weighted by Gasteiger charge is -2.29. The SMILES string of the molecule is CC(C)(C)c1ccnc(-n2c3ccccc3c3ccc(Oc4cccc(-n5[c-][n+](-c6cccc(C(C)(C)c7ccccc7)c6)c(C(C)(C)c6ccccc6)c5)c4)cc32)c1. The van der Waals surface area contributed by atoms with Crippen LogP contribution >= 0.6 is 0 Å². The van der Waals surface area contributed by atoms with Gasteiger partial charge in [0.25, 0.3) is 6.33 Å². The normalized spacial score (nSPS) is 12.3. The lowest BCUT2D eigenvalue weighted by Crippen LogP contribution is -2.40. The summed E-state index contributed by atoms with van der Waals surface area (Å²) in [5, 5.41) is 2.33. The van der Waals surface area contributed by atoms with Gasteiger partial charge >= 0.3 is 0 Å². The molecule has 5 heteroatoms. The number of hydrogen-bond acceptors (Lipinski definition) is 2. The number of ether oxygens (including phenoxy) is 1. The first-order valence-corrected chi connectivity index (χ1v) is 20.5. The summed E-state index contributed by atoms with van der Waals surface area (Å²) in [7, 11) is 0. The molecule has 0 bridgehead atoms. The molecule has 0 amide bonds. The molecule has 0 aliphatic rings. The maximum Gasteiger partial charge on any atom is 0.269 e. The first kappa shape index (κ1) is 37.8. The predicted molar refractivity (Wildman–Crippen MR) is 241 cm³/mol. The van der Waals surface area contributed by atoms with E-state index in [-0.39, 0.29) is 16.2 Å².